The fourth-order valence-corrected chi connectivity index (χ4v) is 3.94. The molecule has 2 saturated heterocycles. The van der Waals surface area contributed by atoms with Crippen LogP contribution < -0.4 is 0 Å². The van der Waals surface area contributed by atoms with Gasteiger partial charge in [0, 0.05) is 52.0 Å². The first-order valence-corrected chi connectivity index (χ1v) is 9.25. The van der Waals surface area contributed by atoms with Crippen molar-refractivity contribution >= 4 is 17.5 Å². The Bertz CT molecular complexity index is 602. The fourth-order valence-electron chi connectivity index (χ4n) is 3.75. The number of benzene rings is 1. The first-order chi connectivity index (χ1) is 12.0. The molecule has 1 spiro atoms. The topological polar surface area (TPSA) is 42.0 Å². The van der Waals surface area contributed by atoms with Crippen LogP contribution in [0, 0.1) is 5.92 Å². The maximum Gasteiger partial charge on any atom is 0.248 e. The Labute approximate surface area is 154 Å². The van der Waals surface area contributed by atoms with E-state index in [2.05, 4.69) is 11.0 Å². The van der Waals surface area contributed by atoms with Crippen molar-refractivity contribution in [2.75, 3.05) is 47.0 Å². The average Bonchev–Trinajstić information content (AvgIpc) is 2.96. The van der Waals surface area contributed by atoms with Gasteiger partial charge in [0.2, 0.25) is 5.91 Å². The highest BCUT2D eigenvalue weighted by molar-refractivity contribution is 6.31. The molecule has 1 atom stereocenters. The van der Waals surface area contributed by atoms with Gasteiger partial charge in [-0.05, 0) is 30.4 Å². The molecule has 0 aliphatic carbocycles. The minimum atomic E-state index is -0.0316. The molecule has 2 fully saturated rings. The van der Waals surface area contributed by atoms with Gasteiger partial charge in [-0.1, -0.05) is 29.8 Å². The van der Waals surface area contributed by atoms with E-state index >= 15 is 0 Å². The predicted octanol–water partition coefficient (Wildman–Crippen LogP) is 2.43. The zero-order valence-electron chi connectivity index (χ0n) is 15.0. The summed E-state index contributed by atoms with van der Waals surface area (Å²) in [5, 5.41) is 0.825. The third kappa shape index (κ3) is 4.34. The number of hydrogen-bond acceptors (Lipinski definition) is 4. The van der Waals surface area contributed by atoms with Crippen LogP contribution in [0.2, 0.25) is 5.02 Å². The predicted molar refractivity (Wildman–Crippen MR) is 97.6 cm³/mol. The molecule has 138 valence electrons. The van der Waals surface area contributed by atoms with Gasteiger partial charge in [-0.2, -0.15) is 0 Å². The number of likely N-dealkylation sites (tertiary alicyclic amines) is 1. The minimum Gasteiger partial charge on any atom is -0.372 e. The second-order valence-electron chi connectivity index (χ2n) is 7.26. The van der Waals surface area contributed by atoms with Crippen LogP contribution in [0.15, 0.2) is 24.3 Å². The van der Waals surface area contributed by atoms with Crippen molar-refractivity contribution in [3.8, 4) is 0 Å². The zero-order valence-corrected chi connectivity index (χ0v) is 15.8. The highest BCUT2D eigenvalue weighted by atomic mass is 35.5. The summed E-state index contributed by atoms with van der Waals surface area (Å²) in [7, 11) is 3.49. The van der Waals surface area contributed by atoms with Gasteiger partial charge in [0.25, 0.3) is 0 Å². The van der Waals surface area contributed by atoms with E-state index in [4.69, 9.17) is 21.1 Å². The average molecular weight is 367 g/mol. The van der Waals surface area contributed by atoms with Crippen molar-refractivity contribution in [2.45, 2.75) is 25.0 Å². The molecule has 1 aromatic carbocycles. The molecular formula is C19H27ClN2O3. The minimum absolute atomic E-state index is 0.00643. The van der Waals surface area contributed by atoms with E-state index in [1.54, 1.807) is 19.0 Å². The SMILES string of the molecule is CN(C)C(=O)COCC[C@H]1CCOC12CN(Cc1ccccc1Cl)C2. The van der Waals surface area contributed by atoms with Crippen LogP contribution in [-0.2, 0) is 20.8 Å². The third-order valence-electron chi connectivity index (χ3n) is 5.27. The largest absolute Gasteiger partial charge is 0.372 e. The van der Waals surface area contributed by atoms with Crippen molar-refractivity contribution in [3.05, 3.63) is 34.9 Å². The monoisotopic (exact) mass is 366 g/mol. The molecule has 0 radical (unpaired) electrons. The van der Waals surface area contributed by atoms with E-state index < -0.39 is 0 Å². The summed E-state index contributed by atoms with van der Waals surface area (Å²) in [6.07, 6.45) is 2.02. The summed E-state index contributed by atoms with van der Waals surface area (Å²) < 4.78 is 11.6. The van der Waals surface area contributed by atoms with Crippen LogP contribution in [0.5, 0.6) is 0 Å². The summed E-state index contributed by atoms with van der Waals surface area (Å²) in [5.41, 5.74) is 1.13. The number of halogens is 1. The van der Waals surface area contributed by atoms with Crippen molar-refractivity contribution in [1.29, 1.82) is 0 Å². The molecule has 0 bridgehead atoms. The highest BCUT2D eigenvalue weighted by Crippen LogP contribution is 2.42. The fraction of sp³-hybridized carbons (Fsp3) is 0.632. The van der Waals surface area contributed by atoms with E-state index in [1.807, 2.05) is 18.2 Å². The van der Waals surface area contributed by atoms with Crippen LogP contribution in [0.4, 0.5) is 0 Å². The number of carbonyl (C=O) groups is 1. The molecule has 1 aromatic rings. The number of carbonyl (C=O) groups excluding carboxylic acids is 1. The van der Waals surface area contributed by atoms with E-state index in [1.165, 1.54) is 5.56 Å². The first-order valence-electron chi connectivity index (χ1n) is 8.88. The maximum absolute atomic E-state index is 11.5. The number of rotatable bonds is 7. The molecule has 0 unspecified atom stereocenters. The lowest BCUT2D eigenvalue weighted by Crippen LogP contribution is -2.64. The molecule has 0 aromatic heterocycles. The Kier molecular flexibility index (Phi) is 6.00. The summed E-state index contributed by atoms with van der Waals surface area (Å²) in [5.74, 6) is 0.511. The Hall–Kier alpha value is -1.14. The standard InChI is InChI=1S/C19H27ClN2O3/c1-21(2)18(23)12-24-9-7-16-8-10-25-19(16)13-22(14-19)11-15-5-3-4-6-17(15)20/h3-6,16H,7-14H2,1-2H3/t16-/m0/s1. The summed E-state index contributed by atoms with van der Waals surface area (Å²) in [4.78, 5) is 15.5. The van der Waals surface area contributed by atoms with E-state index in [0.717, 1.165) is 44.1 Å². The van der Waals surface area contributed by atoms with E-state index in [9.17, 15) is 4.79 Å². The second kappa shape index (κ2) is 8.04. The van der Waals surface area contributed by atoms with Gasteiger partial charge < -0.3 is 14.4 Å². The number of hydrogen-bond donors (Lipinski definition) is 0. The van der Waals surface area contributed by atoms with Gasteiger partial charge in [0.1, 0.15) is 6.61 Å². The Morgan fingerprint density at radius 3 is 2.88 bits per heavy atom. The number of amides is 1. The molecular weight excluding hydrogens is 340 g/mol. The van der Waals surface area contributed by atoms with Gasteiger partial charge >= 0.3 is 0 Å². The van der Waals surface area contributed by atoms with Gasteiger partial charge in [-0.3, -0.25) is 9.69 Å². The lowest BCUT2D eigenvalue weighted by molar-refractivity contribution is -0.141. The Morgan fingerprint density at radius 2 is 2.16 bits per heavy atom. The van der Waals surface area contributed by atoms with Gasteiger partial charge in [-0.15, -0.1) is 0 Å². The van der Waals surface area contributed by atoms with Crippen molar-refractivity contribution in [2.24, 2.45) is 5.92 Å². The molecule has 3 rings (SSSR count). The molecule has 25 heavy (non-hydrogen) atoms. The maximum atomic E-state index is 11.5. The van der Waals surface area contributed by atoms with E-state index in [0.29, 0.717) is 12.5 Å². The van der Waals surface area contributed by atoms with Crippen LogP contribution >= 0.6 is 11.6 Å². The molecule has 6 heteroatoms. The van der Waals surface area contributed by atoms with Crippen LogP contribution in [0.3, 0.4) is 0 Å². The molecule has 0 N–H and O–H groups in total. The quantitative estimate of drug-likeness (QED) is 0.695. The van der Waals surface area contributed by atoms with Crippen LogP contribution in [0.25, 0.3) is 0 Å². The van der Waals surface area contributed by atoms with E-state index in [-0.39, 0.29) is 18.1 Å². The molecule has 1 amide bonds. The number of nitrogens with zero attached hydrogens (tertiary/aromatic N) is 2. The second-order valence-corrected chi connectivity index (χ2v) is 7.67. The lowest BCUT2D eigenvalue weighted by Gasteiger charge is -2.50. The Morgan fingerprint density at radius 1 is 1.40 bits per heavy atom. The van der Waals surface area contributed by atoms with Gasteiger partial charge in [0.05, 0.1) is 5.60 Å². The van der Waals surface area contributed by atoms with Crippen LogP contribution in [-0.4, -0.2) is 68.3 Å². The van der Waals surface area contributed by atoms with Gasteiger partial charge in [0.15, 0.2) is 0 Å². The van der Waals surface area contributed by atoms with Crippen molar-refractivity contribution in [3.63, 3.8) is 0 Å². The summed E-state index contributed by atoms with van der Waals surface area (Å²) >= 11 is 6.26. The summed E-state index contributed by atoms with van der Waals surface area (Å²) in [6.45, 7) is 4.34. The molecule has 5 nitrogen and oxygen atoms in total. The van der Waals surface area contributed by atoms with Crippen LogP contribution in [0.1, 0.15) is 18.4 Å². The van der Waals surface area contributed by atoms with Crippen molar-refractivity contribution in [1.82, 2.24) is 9.80 Å². The normalized spacial score (nSPS) is 22.1. The lowest BCUT2D eigenvalue weighted by atomic mass is 9.79. The first kappa shape index (κ1) is 18.6. The molecule has 2 aliphatic rings. The number of likely N-dealkylation sites (N-methyl/N-ethyl adjacent to an activating group) is 1. The molecule has 0 saturated carbocycles. The smallest absolute Gasteiger partial charge is 0.248 e. The molecule has 2 aliphatic heterocycles. The number of ether oxygens (including phenoxy) is 2. The Balaban J connectivity index is 1.43. The third-order valence-corrected chi connectivity index (χ3v) is 5.64. The van der Waals surface area contributed by atoms with Gasteiger partial charge in [-0.25, -0.2) is 0 Å². The molecule has 2 heterocycles. The summed E-state index contributed by atoms with van der Waals surface area (Å²) in [6, 6.07) is 8.00. The highest BCUT2D eigenvalue weighted by Gasteiger charge is 2.52. The van der Waals surface area contributed by atoms with Crippen molar-refractivity contribution < 1.29 is 14.3 Å². The zero-order chi connectivity index (χ0) is 17.9.